The Morgan fingerprint density at radius 1 is 1.24 bits per heavy atom. The summed E-state index contributed by atoms with van der Waals surface area (Å²) in [5.41, 5.74) is 0.535. The van der Waals surface area contributed by atoms with Gasteiger partial charge in [-0.3, -0.25) is 0 Å². The molecule has 1 aliphatic heterocycles. The van der Waals surface area contributed by atoms with Crippen LogP contribution in [-0.2, 0) is 15.9 Å². The molecule has 118 valence electrons. The molecular weight excluding hydrogens is 353 g/mol. The Labute approximate surface area is 141 Å². The molecule has 0 saturated carbocycles. The van der Waals surface area contributed by atoms with E-state index in [1.54, 1.807) is 6.07 Å². The molecule has 0 spiro atoms. The minimum Gasteiger partial charge on any atom is -0.207 e. The van der Waals surface area contributed by atoms with Gasteiger partial charge >= 0.3 is 0 Å². The summed E-state index contributed by atoms with van der Waals surface area (Å²) in [4.78, 5) is 0.0573. The van der Waals surface area contributed by atoms with Crippen molar-refractivity contribution in [1.29, 1.82) is 0 Å². The molecule has 21 heavy (non-hydrogen) atoms. The minimum absolute atomic E-state index is 0.0573. The first kappa shape index (κ1) is 17.4. The predicted molar refractivity (Wildman–Crippen MR) is 87.8 cm³/mol. The highest BCUT2D eigenvalue weighted by molar-refractivity contribution is 7.89. The van der Waals surface area contributed by atoms with Crippen molar-refractivity contribution in [2.45, 2.75) is 37.0 Å². The molecule has 7 heteroatoms. The molecule has 1 atom stereocenters. The van der Waals surface area contributed by atoms with Gasteiger partial charge in [-0.15, -0.1) is 11.6 Å². The van der Waals surface area contributed by atoms with Crippen LogP contribution in [0.3, 0.4) is 0 Å². The number of hydrogen-bond acceptors (Lipinski definition) is 2. The molecule has 0 aromatic heterocycles. The minimum atomic E-state index is -3.64. The zero-order chi connectivity index (χ0) is 15.6. The van der Waals surface area contributed by atoms with Crippen LogP contribution in [-0.4, -0.2) is 25.8 Å². The van der Waals surface area contributed by atoms with Gasteiger partial charge in [0, 0.05) is 24.0 Å². The molecule has 1 aliphatic rings. The van der Waals surface area contributed by atoms with Crippen molar-refractivity contribution in [3.63, 3.8) is 0 Å². The Balaban J connectivity index is 2.42. The second kappa shape index (κ2) is 7.05. The highest BCUT2D eigenvalue weighted by Gasteiger charge is 2.29. The standard InChI is InChI=1S/C14H18Cl3NO2S/c1-10-3-2-5-18(6-4-10)21(19,20)13-8-12(16)7-11(9-15)14(13)17/h7-8,10H,2-6,9H2,1H3. The first-order valence-corrected chi connectivity index (χ1v) is 9.63. The number of sulfonamides is 1. The average molecular weight is 371 g/mol. The summed E-state index contributed by atoms with van der Waals surface area (Å²) in [5, 5.41) is 0.503. The lowest BCUT2D eigenvalue weighted by Crippen LogP contribution is -2.32. The summed E-state index contributed by atoms with van der Waals surface area (Å²) in [6.45, 7) is 3.18. The summed E-state index contributed by atoms with van der Waals surface area (Å²) in [5.74, 6) is 0.664. The fraction of sp³-hybridized carbons (Fsp3) is 0.571. The lowest BCUT2D eigenvalue weighted by molar-refractivity contribution is 0.417. The Kier molecular flexibility index (Phi) is 5.83. The quantitative estimate of drug-likeness (QED) is 0.732. The second-order valence-corrected chi connectivity index (χ2v) is 8.44. The number of rotatable bonds is 3. The summed E-state index contributed by atoms with van der Waals surface area (Å²) < 4.78 is 27.2. The number of hydrogen-bond donors (Lipinski definition) is 0. The molecule has 0 aliphatic carbocycles. The molecule has 1 aromatic carbocycles. The van der Waals surface area contributed by atoms with Crippen LogP contribution in [0.1, 0.15) is 31.7 Å². The zero-order valence-corrected chi connectivity index (χ0v) is 14.9. The van der Waals surface area contributed by atoms with Crippen molar-refractivity contribution < 1.29 is 8.42 Å². The Bertz CT molecular complexity index is 619. The lowest BCUT2D eigenvalue weighted by Gasteiger charge is -2.21. The third kappa shape index (κ3) is 3.85. The van der Waals surface area contributed by atoms with Crippen molar-refractivity contribution >= 4 is 44.8 Å². The number of benzene rings is 1. The maximum absolute atomic E-state index is 12.8. The van der Waals surface area contributed by atoms with Gasteiger partial charge in [-0.05, 0) is 42.9 Å². The first-order valence-electron chi connectivity index (χ1n) is 6.90. The van der Waals surface area contributed by atoms with Gasteiger partial charge in [-0.25, -0.2) is 8.42 Å². The van der Waals surface area contributed by atoms with E-state index in [4.69, 9.17) is 34.8 Å². The van der Waals surface area contributed by atoms with Gasteiger partial charge in [-0.2, -0.15) is 4.31 Å². The zero-order valence-electron chi connectivity index (χ0n) is 11.8. The average Bonchev–Trinajstić information content (AvgIpc) is 2.66. The largest absolute Gasteiger partial charge is 0.244 e. The molecule has 0 amide bonds. The molecule has 1 saturated heterocycles. The van der Waals surface area contributed by atoms with Crippen LogP contribution in [0.15, 0.2) is 17.0 Å². The molecule has 1 fully saturated rings. The van der Waals surface area contributed by atoms with E-state index in [-0.39, 0.29) is 15.8 Å². The van der Waals surface area contributed by atoms with Crippen molar-refractivity contribution in [3.05, 3.63) is 27.7 Å². The van der Waals surface area contributed by atoms with Gasteiger partial charge in [-0.1, -0.05) is 30.1 Å². The van der Waals surface area contributed by atoms with Crippen LogP contribution in [0.5, 0.6) is 0 Å². The molecule has 1 unspecified atom stereocenters. The van der Waals surface area contributed by atoms with Gasteiger partial charge in [0.2, 0.25) is 10.0 Å². The van der Waals surface area contributed by atoms with Crippen molar-refractivity contribution in [3.8, 4) is 0 Å². The molecule has 0 N–H and O–H groups in total. The van der Waals surface area contributed by atoms with E-state index >= 15 is 0 Å². The lowest BCUT2D eigenvalue weighted by atomic mass is 10.0. The van der Waals surface area contributed by atoms with Crippen molar-refractivity contribution in [2.24, 2.45) is 5.92 Å². The molecule has 3 nitrogen and oxygen atoms in total. The molecule has 2 rings (SSSR count). The van der Waals surface area contributed by atoms with E-state index in [0.29, 0.717) is 29.6 Å². The van der Waals surface area contributed by atoms with Crippen LogP contribution >= 0.6 is 34.8 Å². The van der Waals surface area contributed by atoms with E-state index in [9.17, 15) is 8.42 Å². The SMILES string of the molecule is CC1CCCN(S(=O)(=O)c2cc(Cl)cc(CCl)c2Cl)CC1. The number of alkyl halides is 1. The maximum Gasteiger partial charge on any atom is 0.244 e. The van der Waals surface area contributed by atoms with Crippen LogP contribution in [0, 0.1) is 5.92 Å². The molecule has 0 bridgehead atoms. The highest BCUT2D eigenvalue weighted by atomic mass is 35.5. The van der Waals surface area contributed by atoms with E-state index in [2.05, 4.69) is 6.92 Å². The van der Waals surface area contributed by atoms with Crippen LogP contribution in [0.4, 0.5) is 0 Å². The number of halogens is 3. The Morgan fingerprint density at radius 2 is 1.95 bits per heavy atom. The van der Waals surface area contributed by atoms with E-state index in [0.717, 1.165) is 19.3 Å². The van der Waals surface area contributed by atoms with E-state index in [1.165, 1.54) is 10.4 Å². The Hall–Kier alpha value is -0.000000000000000111. The summed E-state index contributed by atoms with van der Waals surface area (Å²) in [7, 11) is -3.64. The van der Waals surface area contributed by atoms with Crippen LogP contribution in [0.25, 0.3) is 0 Å². The van der Waals surface area contributed by atoms with Gasteiger partial charge in [0.1, 0.15) is 4.90 Å². The fourth-order valence-corrected chi connectivity index (χ4v) is 5.20. The highest BCUT2D eigenvalue weighted by Crippen LogP contribution is 2.33. The normalized spacial score (nSPS) is 21.2. The molecule has 1 aromatic rings. The number of nitrogens with zero attached hydrogens (tertiary/aromatic N) is 1. The van der Waals surface area contributed by atoms with Gasteiger partial charge in [0.25, 0.3) is 0 Å². The van der Waals surface area contributed by atoms with Gasteiger partial charge in [0.05, 0.1) is 5.02 Å². The Morgan fingerprint density at radius 3 is 2.62 bits per heavy atom. The fourth-order valence-electron chi connectivity index (χ4n) is 2.52. The third-order valence-corrected chi connectivity index (χ3v) is 6.80. The van der Waals surface area contributed by atoms with Crippen LogP contribution < -0.4 is 0 Å². The first-order chi connectivity index (χ1) is 9.86. The maximum atomic E-state index is 12.8. The molecule has 0 radical (unpaired) electrons. The smallest absolute Gasteiger partial charge is 0.207 e. The molecule has 1 heterocycles. The summed E-state index contributed by atoms with van der Waals surface area (Å²) >= 11 is 18.0. The van der Waals surface area contributed by atoms with Gasteiger partial charge in [0.15, 0.2) is 0 Å². The monoisotopic (exact) mass is 369 g/mol. The third-order valence-electron chi connectivity index (χ3n) is 3.82. The van der Waals surface area contributed by atoms with Crippen molar-refractivity contribution in [2.75, 3.05) is 13.1 Å². The predicted octanol–water partition coefficient (Wildman–Crippen LogP) is 4.54. The molecular formula is C14H18Cl3NO2S. The van der Waals surface area contributed by atoms with Crippen LogP contribution in [0.2, 0.25) is 10.0 Å². The summed E-state index contributed by atoms with van der Waals surface area (Å²) in [6, 6.07) is 3.00. The van der Waals surface area contributed by atoms with Gasteiger partial charge < -0.3 is 0 Å². The second-order valence-electron chi connectivity index (χ2n) is 5.45. The van der Waals surface area contributed by atoms with E-state index in [1.807, 2.05) is 0 Å². The van der Waals surface area contributed by atoms with Crippen molar-refractivity contribution in [1.82, 2.24) is 4.31 Å². The summed E-state index contributed by atoms with van der Waals surface area (Å²) in [6.07, 6.45) is 2.77. The van der Waals surface area contributed by atoms with E-state index < -0.39 is 10.0 Å². The topological polar surface area (TPSA) is 37.4 Å².